The molecule has 0 amide bonds. The maximum atomic E-state index is 9.23. The fraction of sp³-hybridized carbons (Fsp3) is 0.143. The molecule has 0 radical (unpaired) electrons. The molecule has 0 spiro atoms. The Morgan fingerprint density at radius 1 is 0.552 bits per heavy atom. The van der Waals surface area contributed by atoms with Crippen LogP contribution in [0.5, 0.6) is 0 Å². The summed E-state index contributed by atoms with van der Waals surface area (Å²) in [6, 6.07) is 29.2. The van der Waals surface area contributed by atoms with Crippen LogP contribution in [0.3, 0.4) is 0 Å². The Bertz CT molecular complexity index is 1270. The molecule has 4 aromatic carbocycles. The zero-order valence-electron chi connectivity index (χ0n) is 16.3. The fourth-order valence-corrected chi connectivity index (χ4v) is 5.05. The third-order valence-electron chi connectivity index (χ3n) is 6.47. The summed E-state index contributed by atoms with van der Waals surface area (Å²) in [5.41, 5.74) is 14.9. The second-order valence-corrected chi connectivity index (χ2v) is 8.22. The Morgan fingerprint density at radius 2 is 1.10 bits per heavy atom. The highest BCUT2D eigenvalue weighted by Crippen LogP contribution is 2.41. The average molecular weight is 374 g/mol. The molecule has 0 saturated heterocycles. The first kappa shape index (κ1) is 16.8. The lowest BCUT2D eigenvalue weighted by Crippen LogP contribution is -1.91. The van der Waals surface area contributed by atoms with Crippen LogP contribution in [-0.4, -0.2) is 11.7 Å². The van der Waals surface area contributed by atoms with E-state index < -0.39 is 0 Å². The quantitative estimate of drug-likeness (QED) is 0.401. The topological polar surface area (TPSA) is 20.2 Å². The predicted octanol–water partition coefficient (Wildman–Crippen LogP) is 6.03. The highest BCUT2D eigenvalue weighted by Gasteiger charge is 2.21. The third-order valence-corrected chi connectivity index (χ3v) is 6.47. The number of rotatable bonds is 3. The van der Waals surface area contributed by atoms with Gasteiger partial charge in [0.1, 0.15) is 0 Å². The van der Waals surface area contributed by atoms with Crippen LogP contribution in [0.15, 0.2) is 78.9 Å². The maximum absolute atomic E-state index is 9.23. The first-order valence-corrected chi connectivity index (χ1v) is 10.4. The molecule has 2 aliphatic carbocycles. The lowest BCUT2D eigenvalue weighted by molar-refractivity contribution is 0.299. The van der Waals surface area contributed by atoms with Gasteiger partial charge in [0.25, 0.3) is 0 Å². The van der Waals surface area contributed by atoms with Crippen molar-refractivity contribution < 1.29 is 5.11 Å². The van der Waals surface area contributed by atoms with Gasteiger partial charge < -0.3 is 5.11 Å². The molecule has 6 rings (SSSR count). The molecule has 0 fully saturated rings. The first-order valence-electron chi connectivity index (χ1n) is 10.4. The molecule has 0 atom stereocenters. The molecule has 2 aliphatic rings. The van der Waals surface area contributed by atoms with Crippen molar-refractivity contribution in [2.24, 2.45) is 0 Å². The minimum absolute atomic E-state index is 0.206. The zero-order valence-corrected chi connectivity index (χ0v) is 16.3. The minimum atomic E-state index is 0.206. The monoisotopic (exact) mass is 374 g/mol. The third kappa shape index (κ3) is 2.66. The van der Waals surface area contributed by atoms with E-state index >= 15 is 0 Å². The molecule has 0 aliphatic heterocycles. The van der Waals surface area contributed by atoms with Crippen molar-refractivity contribution in [2.75, 3.05) is 6.61 Å². The molecule has 0 heterocycles. The second kappa shape index (κ2) is 6.43. The number of aliphatic hydroxyl groups excluding tert-OH is 1. The smallest absolute Gasteiger partial charge is 0.0471 e. The molecule has 0 aromatic heterocycles. The van der Waals surface area contributed by atoms with E-state index in [4.69, 9.17) is 0 Å². The van der Waals surface area contributed by atoms with Crippen LogP contribution in [-0.2, 0) is 19.3 Å². The highest BCUT2D eigenvalue weighted by atomic mass is 16.2. The molecular weight excluding hydrogens is 352 g/mol. The lowest BCUT2D eigenvalue weighted by atomic mass is 9.96. The van der Waals surface area contributed by atoms with Crippen molar-refractivity contribution in [2.45, 2.75) is 19.3 Å². The van der Waals surface area contributed by atoms with Crippen molar-refractivity contribution >= 4 is 0 Å². The van der Waals surface area contributed by atoms with Gasteiger partial charge in [-0.05, 0) is 80.5 Å². The summed E-state index contributed by atoms with van der Waals surface area (Å²) in [6.07, 6.45) is 2.74. The van der Waals surface area contributed by atoms with Crippen molar-refractivity contribution in [3.63, 3.8) is 0 Å². The average Bonchev–Trinajstić information content (AvgIpc) is 3.30. The first-order chi connectivity index (χ1) is 14.3. The van der Waals surface area contributed by atoms with Gasteiger partial charge in [0.15, 0.2) is 0 Å². The lowest BCUT2D eigenvalue weighted by Gasteiger charge is -2.08. The molecule has 0 saturated carbocycles. The Balaban J connectivity index is 1.36. The van der Waals surface area contributed by atoms with Gasteiger partial charge in [0, 0.05) is 6.61 Å². The molecule has 140 valence electrons. The number of hydrogen-bond acceptors (Lipinski definition) is 1. The van der Waals surface area contributed by atoms with E-state index in [9.17, 15) is 5.11 Å². The van der Waals surface area contributed by atoms with Gasteiger partial charge in [0.05, 0.1) is 0 Å². The Kier molecular flexibility index (Phi) is 3.72. The second-order valence-electron chi connectivity index (χ2n) is 8.22. The van der Waals surface area contributed by atoms with Crippen LogP contribution < -0.4 is 0 Å². The number of benzene rings is 4. The number of fused-ring (bicyclic) bond motifs is 6. The normalized spacial score (nSPS) is 13.0. The summed E-state index contributed by atoms with van der Waals surface area (Å²) in [6.45, 7) is 0.206. The molecule has 0 bridgehead atoms. The van der Waals surface area contributed by atoms with E-state index in [1.165, 1.54) is 61.2 Å². The molecule has 1 heteroatoms. The predicted molar refractivity (Wildman–Crippen MR) is 119 cm³/mol. The Labute approximate surface area is 171 Å². The van der Waals surface area contributed by atoms with Gasteiger partial charge in [-0.1, -0.05) is 78.9 Å². The highest BCUT2D eigenvalue weighted by molar-refractivity contribution is 5.83. The molecule has 1 nitrogen and oxygen atoms in total. The Hall–Kier alpha value is -3.16. The van der Waals surface area contributed by atoms with Gasteiger partial charge in [-0.15, -0.1) is 0 Å². The summed E-state index contributed by atoms with van der Waals surface area (Å²) >= 11 is 0. The Morgan fingerprint density at radius 3 is 1.79 bits per heavy atom. The van der Waals surface area contributed by atoms with E-state index in [2.05, 4.69) is 78.9 Å². The van der Waals surface area contributed by atoms with Crippen LogP contribution in [0.1, 0.15) is 27.8 Å². The van der Waals surface area contributed by atoms with Crippen molar-refractivity contribution in [1.82, 2.24) is 0 Å². The van der Waals surface area contributed by atoms with Gasteiger partial charge in [-0.2, -0.15) is 0 Å². The SMILES string of the molecule is OCCc1ccc2c(c1)Cc1cc(-c3ccc4c(c3)Cc3ccccc3-4)ccc1-2. The van der Waals surface area contributed by atoms with Crippen molar-refractivity contribution in [1.29, 1.82) is 0 Å². The van der Waals surface area contributed by atoms with E-state index in [-0.39, 0.29) is 6.61 Å². The molecule has 4 aromatic rings. The van der Waals surface area contributed by atoms with E-state index in [1.54, 1.807) is 0 Å². The maximum Gasteiger partial charge on any atom is 0.0471 e. The van der Waals surface area contributed by atoms with E-state index in [0.717, 1.165) is 19.3 Å². The fourth-order valence-electron chi connectivity index (χ4n) is 5.05. The molecule has 1 N–H and O–H groups in total. The molecule has 29 heavy (non-hydrogen) atoms. The summed E-state index contributed by atoms with van der Waals surface area (Å²) in [5, 5.41) is 9.23. The standard InChI is InChI=1S/C28H22O/c29-12-11-18-5-8-26-22(13-18)17-24-15-20(7-10-28(24)26)19-6-9-27-23(14-19)16-21-3-1-2-4-25(21)27/h1-10,13-15,29H,11-12,16-17H2. The van der Waals surface area contributed by atoms with Gasteiger partial charge in [-0.25, -0.2) is 0 Å². The van der Waals surface area contributed by atoms with E-state index in [0.29, 0.717) is 0 Å². The number of aliphatic hydroxyl groups is 1. The van der Waals surface area contributed by atoms with Crippen LogP contribution in [0.4, 0.5) is 0 Å². The van der Waals surface area contributed by atoms with Crippen LogP contribution in [0, 0.1) is 0 Å². The van der Waals surface area contributed by atoms with Crippen LogP contribution in [0.2, 0.25) is 0 Å². The summed E-state index contributed by atoms with van der Waals surface area (Å²) in [4.78, 5) is 0. The molecule has 0 unspecified atom stereocenters. The molecular formula is C28H22O. The summed E-state index contributed by atoms with van der Waals surface area (Å²) < 4.78 is 0. The van der Waals surface area contributed by atoms with E-state index in [1.807, 2.05) is 0 Å². The number of hydrogen-bond donors (Lipinski definition) is 1. The van der Waals surface area contributed by atoms with Gasteiger partial charge >= 0.3 is 0 Å². The summed E-state index contributed by atoms with van der Waals surface area (Å²) in [5.74, 6) is 0. The summed E-state index contributed by atoms with van der Waals surface area (Å²) in [7, 11) is 0. The van der Waals surface area contributed by atoms with Crippen LogP contribution in [0.25, 0.3) is 33.4 Å². The van der Waals surface area contributed by atoms with Crippen LogP contribution >= 0.6 is 0 Å². The minimum Gasteiger partial charge on any atom is -0.396 e. The van der Waals surface area contributed by atoms with Crippen molar-refractivity contribution in [3.05, 3.63) is 107 Å². The van der Waals surface area contributed by atoms with Crippen molar-refractivity contribution in [3.8, 4) is 33.4 Å². The van der Waals surface area contributed by atoms with Gasteiger partial charge in [-0.3, -0.25) is 0 Å². The largest absolute Gasteiger partial charge is 0.396 e. The zero-order chi connectivity index (χ0) is 19.4. The van der Waals surface area contributed by atoms with Gasteiger partial charge in [0.2, 0.25) is 0 Å².